The Morgan fingerprint density at radius 3 is 2.81 bits per heavy atom. The zero-order valence-corrected chi connectivity index (χ0v) is 13.7. The first kappa shape index (κ1) is 16.3. The van der Waals surface area contributed by atoms with Crippen molar-refractivity contribution in [1.82, 2.24) is 5.32 Å². The third-order valence-corrected chi connectivity index (χ3v) is 4.40. The first-order chi connectivity index (χ1) is 10.3. The quantitative estimate of drug-likeness (QED) is 0.738. The van der Waals surface area contributed by atoms with Crippen LogP contribution in [0.5, 0.6) is 5.75 Å². The predicted molar refractivity (Wildman–Crippen MR) is 87.0 cm³/mol. The van der Waals surface area contributed by atoms with Gasteiger partial charge in [-0.2, -0.15) is 0 Å². The Balaban J connectivity index is 1.95. The van der Waals surface area contributed by atoms with Gasteiger partial charge in [0.15, 0.2) is 0 Å². The Morgan fingerprint density at radius 1 is 1.24 bits per heavy atom. The number of benzene rings is 1. The molecule has 0 radical (unpaired) electrons. The van der Waals surface area contributed by atoms with E-state index in [1.54, 1.807) is 7.11 Å². The highest BCUT2D eigenvalue weighted by molar-refractivity contribution is 5.39. The molecule has 3 nitrogen and oxygen atoms in total. The number of hydrogen-bond acceptors (Lipinski definition) is 3. The Kier molecular flexibility index (Phi) is 6.52. The largest absolute Gasteiger partial charge is 0.497 e. The van der Waals surface area contributed by atoms with Gasteiger partial charge in [-0.05, 0) is 49.6 Å². The van der Waals surface area contributed by atoms with Gasteiger partial charge < -0.3 is 14.8 Å². The van der Waals surface area contributed by atoms with Crippen molar-refractivity contribution in [2.45, 2.75) is 57.6 Å². The van der Waals surface area contributed by atoms with Crippen LogP contribution in [0.2, 0.25) is 0 Å². The van der Waals surface area contributed by atoms with Gasteiger partial charge in [-0.1, -0.05) is 32.3 Å². The standard InChI is InChI=1S/C18H29NO2/c1-4-5-6-7-12-21-17-11-8-14-13-15(20-3)9-10-16(14)18(17)19-2/h9-10,13,17-19H,4-8,11-12H2,1-3H3. The normalized spacial score (nSPS) is 21.1. The van der Waals surface area contributed by atoms with Crippen LogP contribution in [0.3, 0.4) is 0 Å². The summed E-state index contributed by atoms with van der Waals surface area (Å²) in [6.07, 6.45) is 7.49. The first-order valence-corrected chi connectivity index (χ1v) is 8.25. The summed E-state index contributed by atoms with van der Waals surface area (Å²) in [7, 11) is 3.75. The fourth-order valence-corrected chi connectivity index (χ4v) is 3.18. The molecule has 0 fully saturated rings. The molecule has 0 aliphatic heterocycles. The fraction of sp³-hybridized carbons (Fsp3) is 0.667. The molecular formula is C18H29NO2. The second-order valence-corrected chi connectivity index (χ2v) is 5.84. The monoisotopic (exact) mass is 291 g/mol. The highest BCUT2D eigenvalue weighted by Crippen LogP contribution is 2.33. The summed E-state index contributed by atoms with van der Waals surface area (Å²) >= 11 is 0. The van der Waals surface area contributed by atoms with Crippen molar-refractivity contribution in [3.63, 3.8) is 0 Å². The van der Waals surface area contributed by atoms with E-state index in [-0.39, 0.29) is 6.10 Å². The molecule has 1 aromatic carbocycles. The average molecular weight is 291 g/mol. The Morgan fingerprint density at radius 2 is 2.10 bits per heavy atom. The molecule has 0 saturated carbocycles. The van der Waals surface area contributed by atoms with Gasteiger partial charge in [0.25, 0.3) is 0 Å². The van der Waals surface area contributed by atoms with Crippen LogP contribution in [-0.4, -0.2) is 26.9 Å². The molecule has 118 valence electrons. The smallest absolute Gasteiger partial charge is 0.119 e. The zero-order valence-electron chi connectivity index (χ0n) is 13.7. The fourth-order valence-electron chi connectivity index (χ4n) is 3.18. The molecule has 1 aromatic rings. The van der Waals surface area contributed by atoms with Crippen LogP contribution in [0.15, 0.2) is 18.2 Å². The molecule has 2 rings (SSSR count). The Hall–Kier alpha value is -1.06. The maximum Gasteiger partial charge on any atom is 0.119 e. The van der Waals surface area contributed by atoms with Crippen LogP contribution in [0, 0.1) is 0 Å². The van der Waals surface area contributed by atoms with Gasteiger partial charge in [0, 0.05) is 6.61 Å². The van der Waals surface area contributed by atoms with E-state index in [1.165, 1.54) is 36.8 Å². The van der Waals surface area contributed by atoms with Gasteiger partial charge in [0.05, 0.1) is 19.3 Å². The van der Waals surface area contributed by atoms with Gasteiger partial charge in [0.1, 0.15) is 5.75 Å². The number of methoxy groups -OCH3 is 1. The molecule has 3 heteroatoms. The molecule has 2 atom stereocenters. The second kappa shape index (κ2) is 8.40. The molecule has 1 N–H and O–H groups in total. The second-order valence-electron chi connectivity index (χ2n) is 5.84. The van der Waals surface area contributed by atoms with E-state index < -0.39 is 0 Å². The van der Waals surface area contributed by atoms with Gasteiger partial charge in [-0.3, -0.25) is 0 Å². The van der Waals surface area contributed by atoms with Crippen molar-refractivity contribution in [3.8, 4) is 5.75 Å². The van der Waals surface area contributed by atoms with Gasteiger partial charge in [-0.25, -0.2) is 0 Å². The van der Waals surface area contributed by atoms with E-state index in [9.17, 15) is 0 Å². The molecular weight excluding hydrogens is 262 g/mol. The zero-order chi connectivity index (χ0) is 15.1. The number of fused-ring (bicyclic) bond motifs is 1. The van der Waals surface area contributed by atoms with Crippen molar-refractivity contribution in [2.75, 3.05) is 20.8 Å². The molecule has 0 amide bonds. The van der Waals surface area contributed by atoms with Crippen LogP contribution >= 0.6 is 0 Å². The minimum Gasteiger partial charge on any atom is -0.497 e. The van der Waals surface area contributed by atoms with E-state index in [0.717, 1.165) is 25.2 Å². The first-order valence-electron chi connectivity index (χ1n) is 8.25. The molecule has 1 aliphatic rings. The topological polar surface area (TPSA) is 30.5 Å². The molecule has 21 heavy (non-hydrogen) atoms. The summed E-state index contributed by atoms with van der Waals surface area (Å²) in [4.78, 5) is 0. The maximum absolute atomic E-state index is 6.15. The van der Waals surface area contributed by atoms with Crippen molar-refractivity contribution in [2.24, 2.45) is 0 Å². The maximum atomic E-state index is 6.15. The van der Waals surface area contributed by atoms with E-state index in [1.807, 2.05) is 13.1 Å². The van der Waals surface area contributed by atoms with Crippen LogP contribution in [0.1, 0.15) is 56.2 Å². The van der Waals surface area contributed by atoms with Crippen LogP contribution in [-0.2, 0) is 11.2 Å². The lowest BCUT2D eigenvalue weighted by Gasteiger charge is -2.33. The highest BCUT2D eigenvalue weighted by Gasteiger charge is 2.29. The molecule has 0 aromatic heterocycles. The molecule has 2 unspecified atom stereocenters. The molecule has 1 aliphatic carbocycles. The van der Waals surface area contributed by atoms with E-state index >= 15 is 0 Å². The van der Waals surface area contributed by atoms with Crippen molar-refractivity contribution >= 4 is 0 Å². The van der Waals surface area contributed by atoms with Crippen LogP contribution in [0.4, 0.5) is 0 Å². The van der Waals surface area contributed by atoms with Crippen LogP contribution < -0.4 is 10.1 Å². The highest BCUT2D eigenvalue weighted by atomic mass is 16.5. The number of hydrogen-bond donors (Lipinski definition) is 1. The summed E-state index contributed by atoms with van der Waals surface area (Å²) in [5, 5.41) is 3.43. The minimum absolute atomic E-state index is 0.289. The number of nitrogens with one attached hydrogen (secondary N) is 1. The summed E-state index contributed by atoms with van der Waals surface area (Å²) in [6, 6.07) is 6.69. The number of rotatable bonds is 8. The summed E-state index contributed by atoms with van der Waals surface area (Å²) < 4.78 is 11.5. The SMILES string of the molecule is CCCCCCOC1CCc2cc(OC)ccc2C1NC. The molecule has 0 saturated heterocycles. The molecule has 0 heterocycles. The molecule has 0 bridgehead atoms. The van der Waals surface area contributed by atoms with Crippen molar-refractivity contribution in [1.29, 1.82) is 0 Å². The number of likely N-dealkylation sites (N-methyl/N-ethyl adjacent to an activating group) is 1. The Labute approximate surface area is 129 Å². The minimum atomic E-state index is 0.289. The third kappa shape index (κ3) is 4.21. The number of ether oxygens (including phenoxy) is 2. The van der Waals surface area contributed by atoms with E-state index in [2.05, 4.69) is 24.4 Å². The molecule has 0 spiro atoms. The summed E-state index contributed by atoms with van der Waals surface area (Å²) in [5.41, 5.74) is 2.75. The predicted octanol–water partition coefficient (Wildman–Crippen LogP) is 3.87. The lowest BCUT2D eigenvalue weighted by atomic mass is 9.85. The van der Waals surface area contributed by atoms with Gasteiger partial charge in [-0.15, -0.1) is 0 Å². The lowest BCUT2D eigenvalue weighted by Crippen LogP contribution is -2.36. The third-order valence-electron chi connectivity index (χ3n) is 4.40. The lowest BCUT2D eigenvalue weighted by molar-refractivity contribution is 0.0154. The van der Waals surface area contributed by atoms with E-state index in [0.29, 0.717) is 6.04 Å². The van der Waals surface area contributed by atoms with Crippen molar-refractivity contribution in [3.05, 3.63) is 29.3 Å². The summed E-state index contributed by atoms with van der Waals surface area (Å²) in [5.74, 6) is 0.947. The van der Waals surface area contributed by atoms with Gasteiger partial charge >= 0.3 is 0 Å². The van der Waals surface area contributed by atoms with Gasteiger partial charge in [0.2, 0.25) is 0 Å². The Bertz CT molecular complexity index is 433. The number of aryl methyl sites for hydroxylation is 1. The van der Waals surface area contributed by atoms with Crippen LogP contribution in [0.25, 0.3) is 0 Å². The number of unbranched alkanes of at least 4 members (excludes halogenated alkanes) is 3. The summed E-state index contributed by atoms with van der Waals surface area (Å²) in [6.45, 7) is 3.12. The van der Waals surface area contributed by atoms with E-state index in [4.69, 9.17) is 9.47 Å². The van der Waals surface area contributed by atoms with Crippen molar-refractivity contribution < 1.29 is 9.47 Å². The average Bonchev–Trinajstić information content (AvgIpc) is 2.53.